The summed E-state index contributed by atoms with van der Waals surface area (Å²) < 4.78 is 16.5. The van der Waals surface area contributed by atoms with Crippen molar-refractivity contribution in [3.8, 4) is 0 Å². The number of imidazole rings is 1. The Morgan fingerprint density at radius 2 is 2.21 bits per heavy atom. The summed E-state index contributed by atoms with van der Waals surface area (Å²) in [5, 5.41) is 6.87. The lowest BCUT2D eigenvalue weighted by Crippen LogP contribution is -2.51. The molecule has 0 amide bonds. The molecular weight excluding hydrogens is 367 g/mol. The lowest BCUT2D eigenvalue weighted by molar-refractivity contribution is 0.461. The third kappa shape index (κ3) is 5.71. The molecule has 0 bridgehead atoms. The van der Waals surface area contributed by atoms with Crippen LogP contribution in [0.2, 0.25) is 0 Å². The summed E-state index contributed by atoms with van der Waals surface area (Å²) in [6, 6.07) is 5.51. The molecule has 1 aliphatic heterocycles. The van der Waals surface area contributed by atoms with Gasteiger partial charge in [-0.05, 0) is 43.4 Å². The van der Waals surface area contributed by atoms with Gasteiger partial charge in [0, 0.05) is 45.1 Å². The van der Waals surface area contributed by atoms with Crippen LogP contribution in [-0.4, -0.2) is 41.7 Å². The van der Waals surface area contributed by atoms with Gasteiger partial charge in [0.25, 0.3) is 0 Å². The molecule has 0 saturated carbocycles. The highest BCUT2D eigenvalue weighted by atomic mass is 19.1. The Balaban J connectivity index is 1.58. The van der Waals surface area contributed by atoms with Gasteiger partial charge in [-0.25, -0.2) is 9.37 Å². The molecule has 2 aromatic rings. The van der Waals surface area contributed by atoms with Gasteiger partial charge >= 0.3 is 0 Å². The number of hydrogen-bond donors (Lipinski definition) is 2. The van der Waals surface area contributed by atoms with Crippen LogP contribution in [0.15, 0.2) is 35.6 Å². The Morgan fingerprint density at radius 3 is 2.97 bits per heavy atom. The van der Waals surface area contributed by atoms with Gasteiger partial charge in [-0.1, -0.05) is 19.9 Å². The molecule has 7 heteroatoms. The first-order valence-corrected chi connectivity index (χ1v) is 10.4. The van der Waals surface area contributed by atoms with Gasteiger partial charge in [-0.2, -0.15) is 0 Å². The number of hydrogen-bond acceptors (Lipinski definition) is 3. The lowest BCUT2D eigenvalue weighted by Gasteiger charge is -2.35. The molecule has 0 aliphatic carbocycles. The van der Waals surface area contributed by atoms with Gasteiger partial charge in [0.1, 0.15) is 11.6 Å². The van der Waals surface area contributed by atoms with Gasteiger partial charge in [0.2, 0.25) is 0 Å². The predicted molar refractivity (Wildman–Crippen MR) is 117 cm³/mol. The normalized spacial score (nSPS) is 17.7. The Labute approximate surface area is 173 Å². The van der Waals surface area contributed by atoms with Crippen LogP contribution in [0.4, 0.5) is 10.1 Å². The topological polar surface area (TPSA) is 57.5 Å². The van der Waals surface area contributed by atoms with Crippen molar-refractivity contribution in [3.63, 3.8) is 0 Å². The van der Waals surface area contributed by atoms with E-state index in [0.29, 0.717) is 18.2 Å². The number of nitrogens with zero attached hydrogens (tertiary/aromatic N) is 4. The van der Waals surface area contributed by atoms with E-state index in [1.165, 1.54) is 0 Å². The first-order chi connectivity index (χ1) is 14.0. The van der Waals surface area contributed by atoms with Crippen LogP contribution in [0.5, 0.6) is 0 Å². The molecule has 6 nitrogen and oxygen atoms in total. The zero-order valence-electron chi connectivity index (χ0n) is 18.0. The summed E-state index contributed by atoms with van der Waals surface area (Å²) in [6.45, 7) is 9.58. The van der Waals surface area contributed by atoms with E-state index in [2.05, 4.69) is 43.9 Å². The quantitative estimate of drug-likeness (QED) is 0.577. The highest BCUT2D eigenvalue weighted by Gasteiger charge is 2.23. The average Bonchev–Trinajstić information content (AvgIpc) is 3.13. The van der Waals surface area contributed by atoms with Crippen LogP contribution in [-0.2, 0) is 13.1 Å². The van der Waals surface area contributed by atoms with Gasteiger partial charge < -0.3 is 20.1 Å². The Morgan fingerprint density at radius 1 is 1.38 bits per heavy atom. The zero-order chi connectivity index (χ0) is 20.8. The Hall–Kier alpha value is -2.57. The van der Waals surface area contributed by atoms with Crippen LogP contribution in [0.3, 0.4) is 0 Å². The van der Waals surface area contributed by atoms with E-state index in [-0.39, 0.29) is 11.9 Å². The molecule has 0 spiro atoms. The van der Waals surface area contributed by atoms with Crippen LogP contribution in [0, 0.1) is 18.7 Å². The van der Waals surface area contributed by atoms with Crippen LogP contribution >= 0.6 is 0 Å². The number of benzene rings is 1. The van der Waals surface area contributed by atoms with Crippen molar-refractivity contribution in [2.24, 2.45) is 10.9 Å². The molecular formula is C22H33FN6. The molecule has 3 rings (SSSR count). The summed E-state index contributed by atoms with van der Waals surface area (Å²) in [5.74, 6) is 2.15. The second-order valence-electron chi connectivity index (χ2n) is 8.20. The fourth-order valence-electron chi connectivity index (χ4n) is 3.80. The van der Waals surface area contributed by atoms with E-state index in [1.807, 2.05) is 31.5 Å². The Bertz CT molecular complexity index is 828. The van der Waals surface area contributed by atoms with E-state index < -0.39 is 0 Å². The summed E-state index contributed by atoms with van der Waals surface area (Å²) in [5.41, 5.74) is 1.76. The molecule has 1 atom stereocenters. The van der Waals surface area contributed by atoms with Gasteiger partial charge in [0.05, 0.1) is 12.2 Å². The number of nitrogens with one attached hydrogen (secondary N) is 2. The summed E-state index contributed by atoms with van der Waals surface area (Å²) >= 11 is 0. The van der Waals surface area contributed by atoms with Crippen molar-refractivity contribution >= 4 is 11.6 Å². The molecule has 1 unspecified atom stereocenters. The van der Waals surface area contributed by atoms with Gasteiger partial charge in [-0.3, -0.25) is 4.99 Å². The maximum atomic E-state index is 14.3. The fourth-order valence-corrected chi connectivity index (χ4v) is 3.80. The molecule has 0 radical (unpaired) electrons. The van der Waals surface area contributed by atoms with Crippen LogP contribution in [0.25, 0.3) is 0 Å². The summed E-state index contributed by atoms with van der Waals surface area (Å²) in [6.07, 6.45) is 5.90. The summed E-state index contributed by atoms with van der Waals surface area (Å²) in [7, 11) is 1.77. The fraction of sp³-hybridized carbons (Fsp3) is 0.545. The van der Waals surface area contributed by atoms with Crippen molar-refractivity contribution < 1.29 is 4.39 Å². The SMILES string of the molecule is CN=C(NCc1nccn1CC(C)C)NC1CCCN(c2cc(C)ccc2F)C1. The molecule has 2 heterocycles. The van der Waals surface area contributed by atoms with E-state index in [1.54, 1.807) is 13.1 Å². The molecule has 158 valence electrons. The number of guanidine groups is 1. The third-order valence-electron chi connectivity index (χ3n) is 5.21. The number of rotatable bonds is 6. The number of piperidine rings is 1. The number of aromatic nitrogens is 2. The zero-order valence-corrected chi connectivity index (χ0v) is 18.0. The molecule has 2 N–H and O–H groups in total. The lowest BCUT2D eigenvalue weighted by atomic mass is 10.0. The standard InChI is InChI=1S/C22H33FN6/c1-16(2)14-29-11-9-25-21(29)13-26-22(24-4)27-18-6-5-10-28(15-18)20-12-17(3)7-8-19(20)23/h7-9,11-12,16,18H,5-6,10,13-15H2,1-4H3,(H2,24,26,27). The molecule has 1 fully saturated rings. The Kier molecular flexibility index (Phi) is 7.12. The first kappa shape index (κ1) is 21.1. The number of halogens is 1. The number of aliphatic imine (C=N–C) groups is 1. The van der Waals surface area contributed by atoms with Crippen molar-refractivity contribution in [1.82, 2.24) is 20.2 Å². The van der Waals surface area contributed by atoms with E-state index in [9.17, 15) is 4.39 Å². The number of anilines is 1. The van der Waals surface area contributed by atoms with Gasteiger partial charge in [0.15, 0.2) is 5.96 Å². The average molecular weight is 401 g/mol. The van der Waals surface area contributed by atoms with Crippen molar-refractivity contribution in [3.05, 3.63) is 47.8 Å². The van der Waals surface area contributed by atoms with Crippen molar-refractivity contribution in [1.29, 1.82) is 0 Å². The highest BCUT2D eigenvalue weighted by molar-refractivity contribution is 5.80. The maximum Gasteiger partial charge on any atom is 0.191 e. The highest BCUT2D eigenvalue weighted by Crippen LogP contribution is 2.24. The van der Waals surface area contributed by atoms with Crippen LogP contribution < -0.4 is 15.5 Å². The van der Waals surface area contributed by atoms with Crippen LogP contribution in [0.1, 0.15) is 38.1 Å². The second kappa shape index (κ2) is 9.76. The van der Waals surface area contributed by atoms with E-state index in [0.717, 1.165) is 49.8 Å². The third-order valence-corrected chi connectivity index (χ3v) is 5.21. The first-order valence-electron chi connectivity index (χ1n) is 10.4. The smallest absolute Gasteiger partial charge is 0.191 e. The number of aryl methyl sites for hydroxylation is 1. The minimum atomic E-state index is -0.157. The molecule has 1 aliphatic rings. The van der Waals surface area contributed by atoms with Crippen molar-refractivity contribution in [2.45, 2.75) is 52.7 Å². The minimum Gasteiger partial charge on any atom is -0.367 e. The second-order valence-corrected chi connectivity index (χ2v) is 8.20. The van der Waals surface area contributed by atoms with Gasteiger partial charge in [-0.15, -0.1) is 0 Å². The molecule has 1 saturated heterocycles. The largest absolute Gasteiger partial charge is 0.367 e. The van der Waals surface area contributed by atoms with E-state index in [4.69, 9.17) is 0 Å². The van der Waals surface area contributed by atoms with Crippen molar-refractivity contribution in [2.75, 3.05) is 25.0 Å². The molecule has 1 aromatic heterocycles. The molecule has 1 aromatic carbocycles. The van der Waals surface area contributed by atoms with E-state index >= 15 is 0 Å². The molecule has 29 heavy (non-hydrogen) atoms. The minimum absolute atomic E-state index is 0.157. The maximum absolute atomic E-state index is 14.3. The predicted octanol–water partition coefficient (Wildman–Crippen LogP) is 3.32. The summed E-state index contributed by atoms with van der Waals surface area (Å²) in [4.78, 5) is 11.0. The monoisotopic (exact) mass is 400 g/mol.